The molecule has 0 N–H and O–H groups in total. The third-order valence-corrected chi connectivity index (χ3v) is 11.1. The largest absolute Gasteiger partial charge is 0.456 e. The number of benzene rings is 7. The lowest BCUT2D eigenvalue weighted by Gasteiger charge is -2.23. The van der Waals surface area contributed by atoms with Gasteiger partial charge in [0, 0.05) is 38.9 Å². The van der Waals surface area contributed by atoms with E-state index in [1.807, 2.05) is 24.3 Å². The van der Waals surface area contributed by atoms with Crippen molar-refractivity contribution in [2.75, 3.05) is 0 Å². The van der Waals surface area contributed by atoms with E-state index in [0.717, 1.165) is 63.5 Å². The van der Waals surface area contributed by atoms with Crippen molar-refractivity contribution in [3.05, 3.63) is 173 Å². The highest BCUT2D eigenvalue weighted by Crippen LogP contribution is 2.47. The van der Waals surface area contributed by atoms with E-state index in [0.29, 0.717) is 17.5 Å². The molecule has 4 heteroatoms. The van der Waals surface area contributed by atoms with Gasteiger partial charge >= 0.3 is 0 Å². The van der Waals surface area contributed by atoms with E-state index in [1.165, 1.54) is 43.8 Å². The molecule has 0 fully saturated rings. The average Bonchev–Trinajstić information content (AvgIpc) is 3.63. The average molecular weight is 680 g/mol. The van der Waals surface area contributed by atoms with Crippen LogP contribution >= 0.6 is 0 Å². The minimum Gasteiger partial charge on any atom is -0.456 e. The van der Waals surface area contributed by atoms with Crippen molar-refractivity contribution in [2.24, 2.45) is 0 Å². The molecule has 2 aromatic heterocycles. The molecule has 1 unspecified atom stereocenters. The minimum atomic E-state index is 0.177. The summed E-state index contributed by atoms with van der Waals surface area (Å²) in [4.78, 5) is 15.7. The van der Waals surface area contributed by atoms with E-state index in [2.05, 4.69) is 133 Å². The Morgan fingerprint density at radius 1 is 0.547 bits per heavy atom. The van der Waals surface area contributed by atoms with Crippen LogP contribution in [0.1, 0.15) is 46.6 Å². The Balaban J connectivity index is 1.18. The Hall–Kier alpha value is -6.65. The summed E-state index contributed by atoms with van der Waals surface area (Å²) in [6, 6.07) is 47.1. The van der Waals surface area contributed by atoms with Crippen LogP contribution in [0.5, 0.6) is 0 Å². The van der Waals surface area contributed by atoms with E-state index in [-0.39, 0.29) is 5.92 Å². The standard InChI is InChI=1S/C49H33N3O/c1-3-14-30(15-4-1)34-24-13-18-32-28-42(45-40-23-11-12-25-43(40)53-46(45)44(32)34)49-51-47(31-16-5-2-6-17-31)50-48(52-49)33-26-27-39-37-21-8-7-19-35(37)36-20-9-10-22-38(36)41(39)29-33/h1-7,9-20,22-23,25-29,34H,8,21,24H2. The summed E-state index contributed by atoms with van der Waals surface area (Å²) >= 11 is 0. The van der Waals surface area contributed by atoms with Gasteiger partial charge < -0.3 is 4.42 Å². The predicted octanol–water partition coefficient (Wildman–Crippen LogP) is 12.6. The Bertz CT molecular complexity index is 2980. The van der Waals surface area contributed by atoms with Gasteiger partial charge in [0.25, 0.3) is 0 Å². The van der Waals surface area contributed by atoms with Gasteiger partial charge in [0.15, 0.2) is 17.5 Å². The summed E-state index contributed by atoms with van der Waals surface area (Å²) in [5.74, 6) is 2.09. The first kappa shape index (κ1) is 30.0. The topological polar surface area (TPSA) is 51.8 Å². The molecular weight excluding hydrogens is 647 g/mol. The monoisotopic (exact) mass is 679 g/mol. The van der Waals surface area contributed by atoms with Crippen molar-refractivity contribution in [1.29, 1.82) is 0 Å². The zero-order chi connectivity index (χ0) is 34.9. The van der Waals surface area contributed by atoms with Crippen LogP contribution in [0.15, 0.2) is 150 Å². The molecule has 2 aliphatic rings. The van der Waals surface area contributed by atoms with Gasteiger partial charge in [0.05, 0.1) is 0 Å². The van der Waals surface area contributed by atoms with Gasteiger partial charge in [0.1, 0.15) is 11.2 Å². The SMILES string of the molecule is C1=Cc2c(c3ccc(-c4nc(-c5ccccc5)nc(-c5cc6c(c7oc8ccccc8c57)C(c5ccccc5)CC=C6)n4)cc3c3ccccc23)CC1. The minimum absolute atomic E-state index is 0.177. The fourth-order valence-electron chi connectivity index (χ4n) is 8.71. The van der Waals surface area contributed by atoms with Crippen LogP contribution in [0.4, 0.5) is 0 Å². The number of aromatic nitrogens is 3. The molecule has 11 rings (SSSR count). The van der Waals surface area contributed by atoms with Crippen molar-refractivity contribution in [2.45, 2.75) is 25.2 Å². The van der Waals surface area contributed by atoms with Crippen LogP contribution in [0.25, 0.3) is 89.8 Å². The number of furan rings is 1. The zero-order valence-electron chi connectivity index (χ0n) is 29.0. The molecule has 53 heavy (non-hydrogen) atoms. The molecule has 0 amide bonds. The summed E-state index contributed by atoms with van der Waals surface area (Å²) < 4.78 is 6.82. The second-order valence-corrected chi connectivity index (χ2v) is 14.1. The van der Waals surface area contributed by atoms with Gasteiger partial charge in [-0.1, -0.05) is 140 Å². The van der Waals surface area contributed by atoms with Gasteiger partial charge in [-0.25, -0.2) is 15.0 Å². The summed E-state index contributed by atoms with van der Waals surface area (Å²) in [6.07, 6.45) is 12.1. The second-order valence-electron chi connectivity index (χ2n) is 14.1. The Labute approximate surface area is 306 Å². The summed E-state index contributed by atoms with van der Waals surface area (Å²) in [7, 11) is 0. The van der Waals surface area contributed by atoms with E-state index in [4.69, 9.17) is 19.4 Å². The van der Waals surface area contributed by atoms with Crippen molar-refractivity contribution < 1.29 is 4.42 Å². The number of nitrogens with zero attached hydrogens (tertiary/aromatic N) is 3. The quantitative estimate of drug-likeness (QED) is 0.174. The molecule has 0 saturated carbocycles. The van der Waals surface area contributed by atoms with Gasteiger partial charge in [-0.2, -0.15) is 0 Å². The third kappa shape index (κ3) is 4.79. The van der Waals surface area contributed by atoms with Gasteiger partial charge in [0.2, 0.25) is 0 Å². The van der Waals surface area contributed by atoms with Gasteiger partial charge in [-0.15, -0.1) is 0 Å². The van der Waals surface area contributed by atoms with Gasteiger partial charge in [-0.3, -0.25) is 0 Å². The number of rotatable bonds is 4. The first-order valence-electron chi connectivity index (χ1n) is 18.4. The van der Waals surface area contributed by atoms with E-state index in [9.17, 15) is 0 Å². The molecule has 0 bridgehead atoms. The molecule has 1 atom stereocenters. The molecule has 4 nitrogen and oxygen atoms in total. The Kier molecular flexibility index (Phi) is 6.78. The number of aryl methyl sites for hydroxylation is 1. The summed E-state index contributed by atoms with van der Waals surface area (Å²) in [6.45, 7) is 0. The lowest BCUT2D eigenvalue weighted by Crippen LogP contribution is -2.07. The van der Waals surface area contributed by atoms with Crippen molar-refractivity contribution >= 4 is 55.6 Å². The van der Waals surface area contributed by atoms with E-state index in [1.54, 1.807) is 0 Å². The molecule has 0 aliphatic heterocycles. The van der Waals surface area contributed by atoms with Crippen LogP contribution in [-0.2, 0) is 6.42 Å². The van der Waals surface area contributed by atoms with Crippen molar-refractivity contribution in [3.8, 4) is 34.2 Å². The normalized spacial score (nSPS) is 15.0. The maximum absolute atomic E-state index is 6.82. The highest BCUT2D eigenvalue weighted by molar-refractivity contribution is 6.15. The van der Waals surface area contributed by atoms with Gasteiger partial charge in [-0.05, 0) is 81.3 Å². The van der Waals surface area contributed by atoms with Crippen LogP contribution in [0.3, 0.4) is 0 Å². The van der Waals surface area contributed by atoms with Crippen LogP contribution < -0.4 is 0 Å². The molecule has 0 spiro atoms. The molecule has 9 aromatic rings. The molecule has 2 aliphatic carbocycles. The predicted molar refractivity (Wildman–Crippen MR) is 218 cm³/mol. The van der Waals surface area contributed by atoms with Crippen LogP contribution in [-0.4, -0.2) is 15.0 Å². The molecule has 0 radical (unpaired) electrons. The Morgan fingerprint density at radius 2 is 1.26 bits per heavy atom. The third-order valence-electron chi connectivity index (χ3n) is 11.1. The smallest absolute Gasteiger partial charge is 0.164 e. The molecule has 7 aromatic carbocycles. The number of allylic oxidation sites excluding steroid dienone is 2. The van der Waals surface area contributed by atoms with Crippen molar-refractivity contribution in [3.63, 3.8) is 0 Å². The first-order chi connectivity index (χ1) is 26.3. The molecular formula is C49H33N3O. The van der Waals surface area contributed by atoms with Crippen LogP contribution in [0, 0.1) is 0 Å². The molecule has 2 heterocycles. The number of hydrogen-bond donors (Lipinski definition) is 0. The van der Waals surface area contributed by atoms with E-state index < -0.39 is 0 Å². The maximum atomic E-state index is 6.82. The number of fused-ring (bicyclic) bond motifs is 11. The fourth-order valence-corrected chi connectivity index (χ4v) is 8.71. The maximum Gasteiger partial charge on any atom is 0.164 e. The van der Waals surface area contributed by atoms with Crippen molar-refractivity contribution in [1.82, 2.24) is 15.0 Å². The summed E-state index contributed by atoms with van der Waals surface area (Å²) in [5.41, 5.74) is 11.0. The second kappa shape index (κ2) is 12.0. The lowest BCUT2D eigenvalue weighted by molar-refractivity contribution is 0.655. The highest BCUT2D eigenvalue weighted by atomic mass is 16.3. The van der Waals surface area contributed by atoms with E-state index >= 15 is 0 Å². The molecule has 0 saturated heterocycles. The first-order valence-corrected chi connectivity index (χ1v) is 18.4. The zero-order valence-corrected chi connectivity index (χ0v) is 29.0. The summed E-state index contributed by atoms with van der Waals surface area (Å²) in [5, 5.41) is 7.15. The number of hydrogen-bond acceptors (Lipinski definition) is 4. The molecule has 250 valence electrons. The van der Waals surface area contributed by atoms with Crippen LogP contribution in [0.2, 0.25) is 0 Å². The fraction of sp³-hybridized carbons (Fsp3) is 0.0816. The Morgan fingerprint density at radius 3 is 2.11 bits per heavy atom. The lowest BCUT2D eigenvalue weighted by atomic mass is 9.80. The highest BCUT2D eigenvalue weighted by Gasteiger charge is 2.28. The number of para-hydroxylation sites is 1.